The van der Waals surface area contributed by atoms with E-state index in [9.17, 15) is 18.0 Å². The molecule has 5 heteroatoms. The zero-order valence-electron chi connectivity index (χ0n) is 6.15. The summed E-state index contributed by atoms with van der Waals surface area (Å²) in [6.45, 7) is 0. The van der Waals surface area contributed by atoms with Crippen molar-refractivity contribution >= 4 is 5.97 Å². The van der Waals surface area contributed by atoms with Crippen LogP contribution in [0.15, 0.2) is 11.8 Å². The van der Waals surface area contributed by atoms with E-state index in [2.05, 4.69) is 4.74 Å². The van der Waals surface area contributed by atoms with Crippen LogP contribution in [0.2, 0.25) is 0 Å². The molecule has 0 saturated carbocycles. The third-order valence-corrected chi connectivity index (χ3v) is 1.45. The van der Waals surface area contributed by atoms with Crippen molar-refractivity contribution in [2.45, 2.75) is 25.4 Å². The molecule has 0 spiro atoms. The summed E-state index contributed by atoms with van der Waals surface area (Å²) < 4.78 is 38.9. The van der Waals surface area contributed by atoms with Crippen LogP contribution in [0.4, 0.5) is 13.2 Å². The molecule has 0 aromatic heterocycles. The normalized spacial score (nSPS) is 17.4. The fraction of sp³-hybridized carbons (Fsp3) is 0.571. The Labute approximate surface area is 67.0 Å². The van der Waals surface area contributed by atoms with Gasteiger partial charge in [-0.2, -0.15) is 13.2 Å². The van der Waals surface area contributed by atoms with Gasteiger partial charge in [0.1, 0.15) is 5.76 Å². The number of carbonyl (C=O) groups excluding carboxylic acids is 1. The van der Waals surface area contributed by atoms with Gasteiger partial charge in [-0.05, 0) is 18.9 Å². The summed E-state index contributed by atoms with van der Waals surface area (Å²) in [4.78, 5) is 10.2. The highest BCUT2D eigenvalue weighted by molar-refractivity contribution is 5.76. The molecule has 68 valence electrons. The molecule has 1 aliphatic rings. The number of alkyl halides is 3. The fourth-order valence-corrected chi connectivity index (χ4v) is 0.911. The van der Waals surface area contributed by atoms with Gasteiger partial charge in [0.2, 0.25) is 0 Å². The van der Waals surface area contributed by atoms with Crippen molar-refractivity contribution in [3.8, 4) is 0 Å². The van der Waals surface area contributed by atoms with Crippen molar-refractivity contribution in [2.24, 2.45) is 0 Å². The molecule has 0 bridgehead atoms. The van der Waals surface area contributed by atoms with Crippen LogP contribution in [-0.4, -0.2) is 12.1 Å². The fourth-order valence-electron chi connectivity index (χ4n) is 0.911. The molecular formula is C7H7F3O2. The maximum atomic E-state index is 11.6. The molecule has 0 aromatic carbocycles. The van der Waals surface area contributed by atoms with Gasteiger partial charge in [-0.1, -0.05) is 0 Å². The molecule has 1 rings (SSSR count). The van der Waals surface area contributed by atoms with Gasteiger partial charge < -0.3 is 4.74 Å². The standard InChI is InChI=1S/C7H7F3O2/c8-7(9,10)6(11)12-5-3-1-2-4-5/h3H,1-2,4H2. The Morgan fingerprint density at radius 2 is 2.17 bits per heavy atom. The number of carbonyl (C=O) groups is 1. The average molecular weight is 180 g/mol. The van der Waals surface area contributed by atoms with Crippen LogP contribution in [0, 0.1) is 0 Å². The van der Waals surface area contributed by atoms with Crippen LogP contribution < -0.4 is 0 Å². The Bertz CT molecular complexity index is 217. The average Bonchev–Trinajstić information content (AvgIpc) is 2.37. The molecular weight excluding hydrogens is 173 g/mol. The zero-order valence-corrected chi connectivity index (χ0v) is 6.15. The first-order valence-electron chi connectivity index (χ1n) is 3.48. The van der Waals surface area contributed by atoms with E-state index in [4.69, 9.17) is 0 Å². The second-order valence-corrected chi connectivity index (χ2v) is 2.45. The second kappa shape index (κ2) is 3.16. The number of hydrogen-bond donors (Lipinski definition) is 0. The van der Waals surface area contributed by atoms with Gasteiger partial charge >= 0.3 is 12.1 Å². The van der Waals surface area contributed by atoms with Gasteiger partial charge in [0.05, 0.1) is 0 Å². The number of rotatable bonds is 1. The third kappa shape index (κ3) is 2.25. The van der Waals surface area contributed by atoms with Gasteiger partial charge in [0.25, 0.3) is 0 Å². The van der Waals surface area contributed by atoms with Crippen molar-refractivity contribution < 1.29 is 22.7 Å². The molecule has 1 aliphatic carbocycles. The van der Waals surface area contributed by atoms with E-state index < -0.39 is 12.1 Å². The topological polar surface area (TPSA) is 26.3 Å². The lowest BCUT2D eigenvalue weighted by atomic mass is 10.4. The first-order chi connectivity index (χ1) is 5.50. The second-order valence-electron chi connectivity index (χ2n) is 2.45. The van der Waals surface area contributed by atoms with Crippen molar-refractivity contribution in [3.05, 3.63) is 11.8 Å². The molecule has 0 fully saturated rings. The summed E-state index contributed by atoms with van der Waals surface area (Å²) in [5.41, 5.74) is 0. The van der Waals surface area contributed by atoms with Crippen molar-refractivity contribution in [2.75, 3.05) is 0 Å². The van der Waals surface area contributed by atoms with Gasteiger partial charge in [-0.15, -0.1) is 0 Å². The highest BCUT2D eigenvalue weighted by atomic mass is 19.4. The Morgan fingerprint density at radius 3 is 2.58 bits per heavy atom. The summed E-state index contributed by atoms with van der Waals surface area (Å²) in [6.07, 6.45) is -1.53. The van der Waals surface area contributed by atoms with Crippen LogP contribution in [-0.2, 0) is 9.53 Å². The molecule has 0 aliphatic heterocycles. The lowest BCUT2D eigenvalue weighted by molar-refractivity contribution is -0.195. The first-order valence-corrected chi connectivity index (χ1v) is 3.48. The zero-order chi connectivity index (χ0) is 9.19. The van der Waals surface area contributed by atoms with Crippen molar-refractivity contribution in [1.29, 1.82) is 0 Å². The summed E-state index contributed by atoms with van der Waals surface area (Å²) in [5, 5.41) is 0. The Hall–Kier alpha value is -1.00. The predicted molar refractivity (Wildman–Crippen MR) is 34.1 cm³/mol. The number of esters is 1. The monoisotopic (exact) mass is 180 g/mol. The van der Waals surface area contributed by atoms with Crippen LogP contribution in [0.1, 0.15) is 19.3 Å². The molecule has 0 radical (unpaired) electrons. The molecule has 0 aromatic rings. The SMILES string of the molecule is O=C(OC1=CCCC1)C(F)(F)F. The van der Waals surface area contributed by atoms with E-state index in [0.29, 0.717) is 12.8 Å². The maximum Gasteiger partial charge on any atom is 0.491 e. The van der Waals surface area contributed by atoms with Gasteiger partial charge in [0.15, 0.2) is 0 Å². The molecule has 12 heavy (non-hydrogen) atoms. The van der Waals surface area contributed by atoms with E-state index in [0.717, 1.165) is 6.42 Å². The van der Waals surface area contributed by atoms with E-state index >= 15 is 0 Å². The summed E-state index contributed by atoms with van der Waals surface area (Å²) in [5.74, 6) is -1.99. The predicted octanol–water partition coefficient (Wildman–Crippen LogP) is 2.16. The van der Waals surface area contributed by atoms with Gasteiger partial charge in [0, 0.05) is 6.42 Å². The lowest BCUT2D eigenvalue weighted by Gasteiger charge is -2.06. The smallest absolute Gasteiger partial charge is 0.425 e. The number of ether oxygens (including phenoxy) is 1. The van der Waals surface area contributed by atoms with Crippen LogP contribution >= 0.6 is 0 Å². The largest absolute Gasteiger partial charge is 0.491 e. The van der Waals surface area contributed by atoms with Gasteiger partial charge in [-0.3, -0.25) is 0 Å². The molecule has 2 nitrogen and oxygen atoms in total. The molecule has 0 amide bonds. The van der Waals surface area contributed by atoms with Gasteiger partial charge in [-0.25, -0.2) is 4.79 Å². The van der Waals surface area contributed by atoms with Crippen LogP contribution in [0.5, 0.6) is 0 Å². The first kappa shape index (κ1) is 9.09. The van der Waals surface area contributed by atoms with E-state index in [1.54, 1.807) is 0 Å². The molecule has 0 atom stereocenters. The minimum Gasteiger partial charge on any atom is -0.425 e. The molecule has 0 saturated heterocycles. The third-order valence-electron chi connectivity index (χ3n) is 1.45. The van der Waals surface area contributed by atoms with Crippen LogP contribution in [0.3, 0.4) is 0 Å². The number of hydrogen-bond acceptors (Lipinski definition) is 2. The Kier molecular flexibility index (Phi) is 2.40. The van der Waals surface area contributed by atoms with Crippen molar-refractivity contribution in [3.63, 3.8) is 0 Å². The number of halogens is 3. The number of allylic oxidation sites excluding steroid dienone is 2. The van der Waals surface area contributed by atoms with Crippen LogP contribution in [0.25, 0.3) is 0 Å². The van der Waals surface area contributed by atoms with Crippen molar-refractivity contribution in [1.82, 2.24) is 0 Å². The van der Waals surface area contributed by atoms with E-state index in [1.807, 2.05) is 0 Å². The minimum atomic E-state index is -4.89. The highest BCUT2D eigenvalue weighted by Crippen LogP contribution is 2.23. The lowest BCUT2D eigenvalue weighted by Crippen LogP contribution is -2.24. The Balaban J connectivity index is 2.46. The summed E-state index contributed by atoms with van der Waals surface area (Å²) >= 11 is 0. The summed E-state index contributed by atoms with van der Waals surface area (Å²) in [6, 6.07) is 0. The summed E-state index contributed by atoms with van der Waals surface area (Å²) in [7, 11) is 0. The molecule has 0 N–H and O–H groups in total. The molecule has 0 unspecified atom stereocenters. The van der Waals surface area contributed by atoms with E-state index in [-0.39, 0.29) is 5.76 Å². The quantitative estimate of drug-likeness (QED) is 0.578. The highest BCUT2D eigenvalue weighted by Gasteiger charge is 2.41. The minimum absolute atomic E-state index is 0.136. The molecule has 0 heterocycles. The Morgan fingerprint density at radius 1 is 1.50 bits per heavy atom. The van der Waals surface area contributed by atoms with E-state index in [1.165, 1.54) is 6.08 Å². The maximum absolute atomic E-state index is 11.6.